The number of rotatable bonds is 9. The Morgan fingerprint density at radius 3 is 2.03 bits per heavy atom. The van der Waals surface area contributed by atoms with Crippen molar-refractivity contribution in [3.05, 3.63) is 96.2 Å². The highest BCUT2D eigenvalue weighted by Crippen LogP contribution is 2.32. The van der Waals surface area contributed by atoms with Crippen LogP contribution in [0.25, 0.3) is 0 Å². The van der Waals surface area contributed by atoms with Crippen LogP contribution in [0.4, 0.5) is 18.9 Å². The first-order valence-corrected chi connectivity index (χ1v) is 10.6. The molecule has 3 aromatic rings. The number of benzene rings is 3. The van der Waals surface area contributed by atoms with Crippen molar-refractivity contribution < 1.29 is 32.2 Å². The first-order chi connectivity index (χ1) is 16.2. The molecule has 178 valence electrons. The van der Waals surface area contributed by atoms with Crippen LogP contribution in [0.1, 0.15) is 19.4 Å². The third-order valence-corrected chi connectivity index (χ3v) is 4.61. The van der Waals surface area contributed by atoms with Crippen LogP contribution in [-0.4, -0.2) is 18.7 Å². The van der Waals surface area contributed by atoms with E-state index in [0.29, 0.717) is 17.2 Å². The molecule has 3 rings (SSSR count). The van der Waals surface area contributed by atoms with Crippen molar-refractivity contribution >= 4 is 11.7 Å². The van der Waals surface area contributed by atoms with Gasteiger partial charge in [0.25, 0.3) is 0 Å². The molecule has 1 unspecified atom stereocenters. The van der Waals surface area contributed by atoms with Gasteiger partial charge in [-0.15, -0.1) is 0 Å². The second kappa shape index (κ2) is 11.3. The van der Waals surface area contributed by atoms with Gasteiger partial charge in [0.1, 0.15) is 23.4 Å². The minimum absolute atomic E-state index is 0.254. The number of alkyl halides is 3. The predicted molar refractivity (Wildman–Crippen MR) is 123 cm³/mol. The Morgan fingerprint density at radius 2 is 1.47 bits per heavy atom. The summed E-state index contributed by atoms with van der Waals surface area (Å²) < 4.78 is 54.7. The van der Waals surface area contributed by atoms with E-state index in [9.17, 15) is 18.0 Å². The minimum Gasteiger partial charge on any atom is -0.485 e. The van der Waals surface area contributed by atoms with Gasteiger partial charge in [0.15, 0.2) is 0 Å². The molecular formula is C26H24F3NO4. The molecule has 34 heavy (non-hydrogen) atoms. The molecule has 0 amide bonds. The quantitative estimate of drug-likeness (QED) is 0.274. The highest BCUT2D eigenvalue weighted by molar-refractivity contribution is 5.83. The summed E-state index contributed by atoms with van der Waals surface area (Å²) in [7, 11) is 0. The van der Waals surface area contributed by atoms with E-state index >= 15 is 0 Å². The molecule has 0 spiro atoms. The van der Waals surface area contributed by atoms with Gasteiger partial charge in [0, 0.05) is 11.8 Å². The van der Waals surface area contributed by atoms with Crippen LogP contribution in [0.3, 0.4) is 0 Å². The number of nitrogens with one attached hydrogen (secondary N) is 1. The summed E-state index contributed by atoms with van der Waals surface area (Å²) in [5.41, 5.74) is 0.553. The predicted octanol–water partition coefficient (Wildman–Crippen LogP) is 6.82. The molecule has 0 aromatic heterocycles. The topological polar surface area (TPSA) is 56.8 Å². The molecule has 5 nitrogen and oxygen atoms in total. The summed E-state index contributed by atoms with van der Waals surface area (Å²) in [5.74, 6) is 0.736. The third kappa shape index (κ3) is 7.30. The summed E-state index contributed by atoms with van der Waals surface area (Å²) in [6, 6.07) is 20.4. The van der Waals surface area contributed by atoms with Crippen LogP contribution in [0.15, 0.2) is 90.6 Å². The van der Waals surface area contributed by atoms with Crippen LogP contribution in [0, 0.1) is 0 Å². The van der Waals surface area contributed by atoms with Crippen molar-refractivity contribution in [3.63, 3.8) is 0 Å². The van der Waals surface area contributed by atoms with E-state index < -0.39 is 23.8 Å². The fraction of sp³-hybridized carbons (Fsp3) is 0.192. The number of hydrogen-bond acceptors (Lipinski definition) is 5. The first-order valence-electron chi connectivity index (χ1n) is 10.6. The normalized spacial score (nSPS) is 12.6. The third-order valence-electron chi connectivity index (χ3n) is 4.61. The Hall–Kier alpha value is -3.94. The highest BCUT2D eigenvalue weighted by Gasteiger charge is 2.30. The lowest BCUT2D eigenvalue weighted by molar-refractivity contribution is -0.138. The SMILES string of the molecule is CCOC(=O)C=C(Nc1ccccc1)C(C)Oc1ccc(Oc2ccc(C(F)(F)F)cc2)cc1. The molecule has 0 aliphatic carbocycles. The van der Waals surface area contributed by atoms with Gasteiger partial charge in [-0.3, -0.25) is 0 Å². The smallest absolute Gasteiger partial charge is 0.416 e. The van der Waals surface area contributed by atoms with Crippen molar-refractivity contribution in [2.75, 3.05) is 11.9 Å². The zero-order chi connectivity index (χ0) is 24.6. The van der Waals surface area contributed by atoms with Crippen molar-refractivity contribution in [1.29, 1.82) is 0 Å². The van der Waals surface area contributed by atoms with Crippen LogP contribution >= 0.6 is 0 Å². The standard InChI is InChI=1S/C26H24F3NO4/c1-3-32-25(31)17-24(30-20-7-5-4-6-8-20)18(2)33-21-13-15-23(16-14-21)34-22-11-9-19(10-12-22)26(27,28)29/h4-18,30H,3H2,1-2H3. The minimum atomic E-state index is -4.40. The molecular weight excluding hydrogens is 447 g/mol. The summed E-state index contributed by atoms with van der Waals surface area (Å²) >= 11 is 0. The van der Waals surface area contributed by atoms with E-state index in [2.05, 4.69) is 5.32 Å². The number of carbonyl (C=O) groups excluding carboxylic acids is 1. The van der Waals surface area contributed by atoms with Crippen LogP contribution < -0.4 is 14.8 Å². The summed E-state index contributed by atoms with van der Waals surface area (Å²) in [6.07, 6.45) is -3.57. The Labute approximate surface area is 195 Å². The number of carbonyl (C=O) groups is 1. The molecule has 0 heterocycles. The number of ether oxygens (including phenoxy) is 3. The maximum absolute atomic E-state index is 12.7. The number of esters is 1. The second-order valence-electron chi connectivity index (χ2n) is 7.20. The largest absolute Gasteiger partial charge is 0.485 e. The van der Waals surface area contributed by atoms with E-state index in [0.717, 1.165) is 17.8 Å². The maximum Gasteiger partial charge on any atom is 0.416 e. The van der Waals surface area contributed by atoms with Crippen molar-refractivity contribution in [2.24, 2.45) is 0 Å². The summed E-state index contributed by atoms with van der Waals surface area (Å²) in [4.78, 5) is 12.0. The average Bonchev–Trinajstić information content (AvgIpc) is 2.80. The zero-order valence-electron chi connectivity index (χ0n) is 18.6. The molecule has 1 atom stereocenters. The maximum atomic E-state index is 12.7. The van der Waals surface area contributed by atoms with Crippen molar-refractivity contribution in [3.8, 4) is 17.2 Å². The zero-order valence-corrected chi connectivity index (χ0v) is 18.6. The van der Waals surface area contributed by atoms with Crippen LogP contribution in [-0.2, 0) is 15.7 Å². The Morgan fingerprint density at radius 1 is 0.912 bits per heavy atom. The highest BCUT2D eigenvalue weighted by atomic mass is 19.4. The summed E-state index contributed by atoms with van der Waals surface area (Å²) in [6.45, 7) is 3.77. The Bertz CT molecular complexity index is 1100. The molecule has 0 aliphatic rings. The van der Waals surface area contributed by atoms with Crippen molar-refractivity contribution in [2.45, 2.75) is 26.1 Å². The monoisotopic (exact) mass is 471 g/mol. The van der Waals surface area contributed by atoms with E-state index in [4.69, 9.17) is 14.2 Å². The fourth-order valence-corrected chi connectivity index (χ4v) is 2.96. The van der Waals surface area contributed by atoms with Gasteiger partial charge in [0.05, 0.1) is 17.9 Å². The first kappa shape index (κ1) is 24.7. The van der Waals surface area contributed by atoms with Gasteiger partial charge < -0.3 is 19.5 Å². The van der Waals surface area contributed by atoms with E-state index in [1.54, 1.807) is 38.1 Å². The molecule has 0 bridgehead atoms. The molecule has 0 fully saturated rings. The Kier molecular flexibility index (Phi) is 8.19. The van der Waals surface area contributed by atoms with E-state index in [1.807, 2.05) is 30.3 Å². The number of anilines is 1. The molecule has 0 aliphatic heterocycles. The van der Waals surface area contributed by atoms with Crippen LogP contribution in [0.2, 0.25) is 0 Å². The molecule has 0 saturated carbocycles. The molecule has 3 aromatic carbocycles. The fourth-order valence-electron chi connectivity index (χ4n) is 2.96. The van der Waals surface area contributed by atoms with Crippen molar-refractivity contribution in [1.82, 2.24) is 0 Å². The van der Waals surface area contributed by atoms with E-state index in [-0.39, 0.29) is 12.4 Å². The van der Waals surface area contributed by atoms with Gasteiger partial charge in [-0.25, -0.2) is 4.79 Å². The number of hydrogen-bond donors (Lipinski definition) is 1. The average molecular weight is 471 g/mol. The summed E-state index contributed by atoms with van der Waals surface area (Å²) in [5, 5.41) is 3.18. The van der Waals surface area contributed by atoms with Crippen LogP contribution in [0.5, 0.6) is 17.2 Å². The Balaban J connectivity index is 1.67. The second-order valence-corrected chi connectivity index (χ2v) is 7.20. The lowest BCUT2D eigenvalue weighted by Crippen LogP contribution is -2.22. The van der Waals surface area contributed by atoms with Gasteiger partial charge in [-0.05, 0) is 74.5 Å². The van der Waals surface area contributed by atoms with E-state index in [1.165, 1.54) is 18.2 Å². The number of para-hydroxylation sites is 1. The lowest BCUT2D eigenvalue weighted by atomic mass is 10.2. The number of halogens is 3. The molecule has 8 heteroatoms. The van der Waals surface area contributed by atoms with Gasteiger partial charge in [-0.1, -0.05) is 18.2 Å². The lowest BCUT2D eigenvalue weighted by Gasteiger charge is -2.20. The molecule has 1 N–H and O–H groups in total. The molecule has 0 saturated heterocycles. The van der Waals surface area contributed by atoms with Gasteiger partial charge in [0.2, 0.25) is 0 Å². The van der Waals surface area contributed by atoms with Gasteiger partial charge in [-0.2, -0.15) is 13.2 Å². The van der Waals surface area contributed by atoms with Gasteiger partial charge >= 0.3 is 12.1 Å². The molecule has 0 radical (unpaired) electrons.